The maximum atomic E-state index is 9.35. The first-order valence-electron chi connectivity index (χ1n) is 4.24. The van der Waals surface area contributed by atoms with Crippen molar-refractivity contribution in [1.82, 2.24) is 10.2 Å². The fourth-order valence-electron chi connectivity index (χ4n) is 0.945. The summed E-state index contributed by atoms with van der Waals surface area (Å²) < 4.78 is 0. The van der Waals surface area contributed by atoms with E-state index in [0.29, 0.717) is 19.6 Å². The molecule has 0 aromatic rings. The van der Waals surface area contributed by atoms with Gasteiger partial charge in [0.15, 0.2) is 0 Å². The van der Waals surface area contributed by atoms with Gasteiger partial charge in [0.05, 0.1) is 12.2 Å². The molecular weight excluding hydrogens is 156 g/mol. The van der Waals surface area contributed by atoms with Crippen LogP contribution in [-0.4, -0.2) is 61.1 Å². The highest BCUT2D eigenvalue weighted by atomic mass is 16.3. The zero-order valence-corrected chi connectivity index (χ0v) is 8.12. The molecule has 0 radical (unpaired) electrons. The van der Waals surface area contributed by atoms with Gasteiger partial charge in [-0.05, 0) is 21.0 Å². The second kappa shape index (κ2) is 6.37. The van der Waals surface area contributed by atoms with Crippen LogP contribution in [0, 0.1) is 0 Å². The zero-order valence-electron chi connectivity index (χ0n) is 8.12. The van der Waals surface area contributed by atoms with E-state index in [4.69, 9.17) is 5.11 Å². The molecule has 0 aromatic carbocycles. The van der Waals surface area contributed by atoms with Crippen LogP contribution in [0.4, 0.5) is 0 Å². The van der Waals surface area contributed by atoms with Crippen molar-refractivity contribution >= 4 is 0 Å². The standard InChI is InChI=1S/C8H20N2O2/c1-7(11)4-9-5-8(12)6-10(2)3/h7-9,11-12H,4-6H2,1-3H3. The number of hydrogen-bond donors (Lipinski definition) is 3. The van der Waals surface area contributed by atoms with Gasteiger partial charge in [-0.3, -0.25) is 0 Å². The number of hydrogen-bond acceptors (Lipinski definition) is 4. The van der Waals surface area contributed by atoms with E-state index in [1.165, 1.54) is 0 Å². The van der Waals surface area contributed by atoms with E-state index >= 15 is 0 Å². The lowest BCUT2D eigenvalue weighted by molar-refractivity contribution is 0.126. The second-order valence-electron chi connectivity index (χ2n) is 3.42. The van der Waals surface area contributed by atoms with Crippen LogP contribution in [-0.2, 0) is 0 Å². The van der Waals surface area contributed by atoms with Crippen molar-refractivity contribution < 1.29 is 10.2 Å². The molecule has 3 N–H and O–H groups in total. The Morgan fingerprint density at radius 3 is 2.25 bits per heavy atom. The smallest absolute Gasteiger partial charge is 0.0791 e. The normalized spacial score (nSPS) is 16.5. The molecule has 0 amide bonds. The third-order valence-corrected chi connectivity index (χ3v) is 1.40. The third kappa shape index (κ3) is 7.94. The van der Waals surface area contributed by atoms with Crippen molar-refractivity contribution in [2.24, 2.45) is 0 Å². The summed E-state index contributed by atoms with van der Waals surface area (Å²) in [7, 11) is 3.83. The zero-order chi connectivity index (χ0) is 9.56. The summed E-state index contributed by atoms with van der Waals surface area (Å²) in [6, 6.07) is 0. The summed E-state index contributed by atoms with van der Waals surface area (Å²) in [5.41, 5.74) is 0. The number of nitrogens with one attached hydrogen (secondary N) is 1. The Morgan fingerprint density at radius 1 is 1.25 bits per heavy atom. The average Bonchev–Trinajstić information content (AvgIpc) is 1.84. The van der Waals surface area contributed by atoms with E-state index in [9.17, 15) is 5.11 Å². The summed E-state index contributed by atoms with van der Waals surface area (Å²) in [5, 5.41) is 21.2. The molecule has 12 heavy (non-hydrogen) atoms. The summed E-state index contributed by atoms with van der Waals surface area (Å²) in [6.45, 7) is 3.42. The molecule has 0 rings (SSSR count). The Balaban J connectivity index is 3.25. The third-order valence-electron chi connectivity index (χ3n) is 1.40. The molecular formula is C8H20N2O2. The molecule has 74 valence electrons. The van der Waals surface area contributed by atoms with Crippen molar-refractivity contribution in [2.75, 3.05) is 33.7 Å². The molecule has 0 aliphatic heterocycles. The van der Waals surface area contributed by atoms with Crippen molar-refractivity contribution in [3.05, 3.63) is 0 Å². The lowest BCUT2D eigenvalue weighted by Gasteiger charge is -2.16. The van der Waals surface area contributed by atoms with Crippen LogP contribution in [0.15, 0.2) is 0 Å². The topological polar surface area (TPSA) is 55.7 Å². The number of aliphatic hydroxyl groups is 2. The van der Waals surface area contributed by atoms with Crippen molar-refractivity contribution in [3.63, 3.8) is 0 Å². The minimum absolute atomic E-state index is 0.350. The molecule has 0 heterocycles. The molecule has 0 saturated heterocycles. The molecule has 0 aromatic heterocycles. The molecule has 0 aliphatic rings. The highest BCUT2D eigenvalue weighted by Crippen LogP contribution is 1.84. The summed E-state index contributed by atoms with van der Waals surface area (Å²) in [4.78, 5) is 1.93. The first-order valence-corrected chi connectivity index (χ1v) is 4.24. The van der Waals surface area contributed by atoms with E-state index in [1.54, 1.807) is 6.92 Å². The van der Waals surface area contributed by atoms with Gasteiger partial charge in [-0.1, -0.05) is 0 Å². The van der Waals surface area contributed by atoms with E-state index in [1.807, 2.05) is 19.0 Å². The van der Waals surface area contributed by atoms with Crippen LogP contribution < -0.4 is 5.32 Å². The Morgan fingerprint density at radius 2 is 1.83 bits per heavy atom. The van der Waals surface area contributed by atoms with Crippen LogP contribution >= 0.6 is 0 Å². The van der Waals surface area contributed by atoms with Crippen LogP contribution in [0.3, 0.4) is 0 Å². The van der Waals surface area contributed by atoms with Gasteiger partial charge in [0.1, 0.15) is 0 Å². The van der Waals surface area contributed by atoms with Gasteiger partial charge < -0.3 is 20.4 Å². The maximum absolute atomic E-state index is 9.35. The fourth-order valence-corrected chi connectivity index (χ4v) is 0.945. The van der Waals surface area contributed by atoms with Crippen molar-refractivity contribution in [1.29, 1.82) is 0 Å². The van der Waals surface area contributed by atoms with Crippen molar-refractivity contribution in [2.45, 2.75) is 19.1 Å². The lowest BCUT2D eigenvalue weighted by atomic mass is 10.3. The average molecular weight is 176 g/mol. The van der Waals surface area contributed by atoms with E-state index in [2.05, 4.69) is 5.32 Å². The quantitative estimate of drug-likeness (QED) is 0.480. The largest absolute Gasteiger partial charge is 0.392 e. The summed E-state index contributed by atoms with van der Waals surface area (Å²) in [5.74, 6) is 0. The van der Waals surface area contributed by atoms with E-state index in [-0.39, 0.29) is 12.2 Å². The van der Waals surface area contributed by atoms with E-state index in [0.717, 1.165) is 0 Å². The van der Waals surface area contributed by atoms with Gasteiger partial charge in [0, 0.05) is 19.6 Å². The highest BCUT2D eigenvalue weighted by Gasteiger charge is 2.04. The van der Waals surface area contributed by atoms with Crippen LogP contribution in [0.2, 0.25) is 0 Å². The van der Waals surface area contributed by atoms with Crippen LogP contribution in [0.1, 0.15) is 6.92 Å². The number of aliphatic hydroxyl groups excluding tert-OH is 2. The predicted octanol–water partition coefficient (Wildman–Crippen LogP) is -1.12. The maximum Gasteiger partial charge on any atom is 0.0791 e. The Hall–Kier alpha value is -0.160. The SMILES string of the molecule is CC(O)CNCC(O)CN(C)C. The number of likely N-dealkylation sites (N-methyl/N-ethyl adjacent to an activating group) is 1. The second-order valence-corrected chi connectivity index (χ2v) is 3.42. The number of rotatable bonds is 6. The van der Waals surface area contributed by atoms with Crippen molar-refractivity contribution in [3.8, 4) is 0 Å². The van der Waals surface area contributed by atoms with Gasteiger partial charge >= 0.3 is 0 Å². The minimum Gasteiger partial charge on any atom is -0.392 e. The van der Waals surface area contributed by atoms with Crippen LogP contribution in [0.5, 0.6) is 0 Å². The van der Waals surface area contributed by atoms with E-state index < -0.39 is 0 Å². The highest BCUT2D eigenvalue weighted by molar-refractivity contribution is 4.63. The Bertz CT molecular complexity index is 107. The Labute approximate surface area is 74.2 Å². The molecule has 4 heteroatoms. The minimum atomic E-state index is -0.362. The van der Waals surface area contributed by atoms with Gasteiger partial charge in [-0.15, -0.1) is 0 Å². The first kappa shape index (κ1) is 11.8. The fraction of sp³-hybridized carbons (Fsp3) is 1.00. The summed E-state index contributed by atoms with van der Waals surface area (Å²) >= 11 is 0. The Kier molecular flexibility index (Phi) is 6.28. The molecule has 4 nitrogen and oxygen atoms in total. The number of nitrogens with zero attached hydrogens (tertiary/aromatic N) is 1. The molecule has 0 bridgehead atoms. The molecule has 0 aliphatic carbocycles. The molecule has 0 fully saturated rings. The van der Waals surface area contributed by atoms with Gasteiger partial charge in [0.25, 0.3) is 0 Å². The lowest BCUT2D eigenvalue weighted by Crippen LogP contribution is -2.37. The molecule has 2 atom stereocenters. The van der Waals surface area contributed by atoms with Gasteiger partial charge in [-0.2, -0.15) is 0 Å². The molecule has 0 spiro atoms. The van der Waals surface area contributed by atoms with Crippen LogP contribution in [0.25, 0.3) is 0 Å². The molecule has 0 saturated carbocycles. The molecule has 2 unspecified atom stereocenters. The van der Waals surface area contributed by atoms with Gasteiger partial charge in [-0.25, -0.2) is 0 Å². The summed E-state index contributed by atoms with van der Waals surface area (Å²) in [6.07, 6.45) is -0.713. The predicted molar refractivity (Wildman–Crippen MR) is 49.1 cm³/mol. The first-order chi connectivity index (χ1) is 5.52. The van der Waals surface area contributed by atoms with Gasteiger partial charge in [0.2, 0.25) is 0 Å². The monoisotopic (exact) mass is 176 g/mol.